The summed E-state index contributed by atoms with van der Waals surface area (Å²) in [4.78, 5) is 14.7. The summed E-state index contributed by atoms with van der Waals surface area (Å²) >= 11 is 6.03. The fourth-order valence-electron chi connectivity index (χ4n) is 4.43. The quantitative estimate of drug-likeness (QED) is 0.753. The van der Waals surface area contributed by atoms with Gasteiger partial charge in [-0.25, -0.2) is 0 Å². The van der Waals surface area contributed by atoms with Crippen molar-refractivity contribution in [3.63, 3.8) is 0 Å². The minimum Gasteiger partial charge on any atom is -0.459 e. The summed E-state index contributed by atoms with van der Waals surface area (Å²) in [6.45, 7) is 0.693. The van der Waals surface area contributed by atoms with Crippen LogP contribution in [0.3, 0.4) is 0 Å². The predicted molar refractivity (Wildman–Crippen MR) is 103 cm³/mol. The Hall–Kier alpha value is -2.22. The Balaban J connectivity index is 1.60. The number of hydrogen-bond acceptors (Lipinski definition) is 3. The second kappa shape index (κ2) is 7.42. The number of carbonyl (C=O) groups excluding carboxylic acids is 1. The number of fused-ring (bicyclic) bond motifs is 1. The molecule has 1 aromatic heterocycles. The van der Waals surface area contributed by atoms with Crippen molar-refractivity contribution in [1.29, 1.82) is 0 Å². The molecule has 0 spiro atoms. The van der Waals surface area contributed by atoms with Gasteiger partial charge in [0.25, 0.3) is 5.91 Å². The molecule has 1 aromatic carbocycles. The maximum absolute atomic E-state index is 12.8. The summed E-state index contributed by atoms with van der Waals surface area (Å²) in [5, 5.41) is 12.0. The number of nitrogens with zero attached hydrogens (tertiary/aromatic N) is 1. The van der Waals surface area contributed by atoms with E-state index in [4.69, 9.17) is 16.0 Å². The van der Waals surface area contributed by atoms with Gasteiger partial charge in [-0.3, -0.25) is 4.79 Å². The molecule has 1 aliphatic heterocycles. The minimum absolute atomic E-state index is 0.0104. The molecule has 2 heterocycles. The lowest BCUT2D eigenvalue weighted by Crippen LogP contribution is -2.58. The Kier molecular flexibility index (Phi) is 4.99. The molecule has 1 aliphatic carbocycles. The predicted octanol–water partition coefficient (Wildman–Crippen LogP) is 4.12. The minimum atomic E-state index is -1.09. The zero-order chi connectivity index (χ0) is 18.9. The summed E-state index contributed by atoms with van der Waals surface area (Å²) in [5.74, 6) is 6.42. The highest BCUT2D eigenvalue weighted by Gasteiger charge is 2.48. The van der Waals surface area contributed by atoms with Gasteiger partial charge in [0.1, 0.15) is 5.60 Å². The van der Waals surface area contributed by atoms with E-state index in [2.05, 4.69) is 11.8 Å². The fourth-order valence-corrected chi connectivity index (χ4v) is 4.62. The van der Waals surface area contributed by atoms with Crippen LogP contribution >= 0.6 is 11.6 Å². The lowest BCUT2D eigenvalue weighted by molar-refractivity contribution is -0.0601. The molecule has 1 amide bonds. The maximum atomic E-state index is 12.8. The number of likely N-dealkylation sites (tertiary alicyclic amines) is 1. The second-order valence-electron chi connectivity index (χ2n) is 7.37. The average Bonchev–Trinajstić information content (AvgIpc) is 3.21. The summed E-state index contributed by atoms with van der Waals surface area (Å²) in [6, 6.07) is 10.7. The van der Waals surface area contributed by atoms with Crippen molar-refractivity contribution < 1.29 is 14.3 Å². The number of benzene rings is 1. The van der Waals surface area contributed by atoms with Crippen LogP contribution in [0.5, 0.6) is 0 Å². The molecule has 4 rings (SSSR count). The molecule has 2 aromatic rings. The summed E-state index contributed by atoms with van der Waals surface area (Å²) in [7, 11) is 0. The second-order valence-corrected chi connectivity index (χ2v) is 7.81. The molecule has 5 heteroatoms. The van der Waals surface area contributed by atoms with Crippen LogP contribution in [-0.2, 0) is 0 Å². The van der Waals surface area contributed by atoms with Crippen molar-refractivity contribution in [2.75, 3.05) is 6.54 Å². The number of hydrogen-bond donors (Lipinski definition) is 1. The molecule has 3 unspecified atom stereocenters. The van der Waals surface area contributed by atoms with E-state index in [0.29, 0.717) is 23.7 Å². The summed E-state index contributed by atoms with van der Waals surface area (Å²) < 4.78 is 5.30. The third-order valence-electron chi connectivity index (χ3n) is 5.69. The van der Waals surface area contributed by atoms with Crippen molar-refractivity contribution in [2.24, 2.45) is 5.92 Å². The van der Waals surface area contributed by atoms with Crippen molar-refractivity contribution >= 4 is 17.5 Å². The van der Waals surface area contributed by atoms with E-state index in [1.54, 1.807) is 24.3 Å². The molecular weight excluding hydrogens is 362 g/mol. The molecule has 4 nitrogen and oxygen atoms in total. The lowest BCUT2D eigenvalue weighted by Gasteiger charge is -2.49. The third kappa shape index (κ3) is 3.63. The van der Waals surface area contributed by atoms with Crippen LogP contribution in [0, 0.1) is 17.8 Å². The first-order valence-corrected chi connectivity index (χ1v) is 9.80. The van der Waals surface area contributed by atoms with Gasteiger partial charge < -0.3 is 14.4 Å². The fraction of sp³-hybridized carbons (Fsp3) is 0.409. The Morgan fingerprint density at radius 1 is 1.26 bits per heavy atom. The lowest BCUT2D eigenvalue weighted by atomic mass is 9.68. The van der Waals surface area contributed by atoms with Crippen molar-refractivity contribution in [2.45, 2.75) is 43.7 Å². The standard InChI is InChI=1S/C22H22ClNO3/c23-17-6-1-5-16(15-17)10-12-22(26)11-2-8-19-18(22)7-3-13-24(19)21(25)20-9-4-14-27-20/h1,4-6,9,14-15,18-19,26H,2-3,7-8,11,13H2. The molecule has 0 bridgehead atoms. The SMILES string of the molecule is O=C(c1ccco1)N1CCCC2C1CCCC2(O)C#Cc1cccc(Cl)c1. The van der Waals surface area contributed by atoms with Crippen LogP contribution in [0.1, 0.15) is 48.2 Å². The van der Waals surface area contributed by atoms with E-state index in [0.717, 1.165) is 31.2 Å². The van der Waals surface area contributed by atoms with Crippen molar-refractivity contribution in [3.05, 3.63) is 59.0 Å². The Morgan fingerprint density at radius 3 is 2.93 bits per heavy atom. The number of carbonyl (C=O) groups is 1. The van der Waals surface area contributed by atoms with Crippen molar-refractivity contribution in [3.8, 4) is 11.8 Å². The molecule has 0 radical (unpaired) electrons. The van der Waals surface area contributed by atoms with E-state index < -0.39 is 5.60 Å². The van der Waals surface area contributed by atoms with Gasteiger partial charge in [-0.1, -0.05) is 29.5 Å². The van der Waals surface area contributed by atoms with Gasteiger partial charge in [-0.15, -0.1) is 0 Å². The van der Waals surface area contributed by atoms with Gasteiger partial charge in [0, 0.05) is 29.1 Å². The number of amides is 1. The Morgan fingerprint density at radius 2 is 2.15 bits per heavy atom. The first kappa shape index (κ1) is 18.2. The molecule has 27 heavy (non-hydrogen) atoms. The molecule has 2 fully saturated rings. The van der Waals surface area contributed by atoms with E-state index in [1.165, 1.54) is 6.26 Å². The molecule has 1 saturated carbocycles. The molecule has 2 aliphatic rings. The van der Waals surface area contributed by atoms with E-state index in [1.807, 2.05) is 17.0 Å². The molecule has 1 saturated heterocycles. The molecular formula is C22H22ClNO3. The van der Waals surface area contributed by atoms with Gasteiger partial charge >= 0.3 is 0 Å². The number of aliphatic hydroxyl groups is 1. The van der Waals surface area contributed by atoms with Gasteiger partial charge in [0.15, 0.2) is 5.76 Å². The normalized spacial score (nSPS) is 27.4. The number of piperidine rings is 1. The maximum Gasteiger partial charge on any atom is 0.289 e. The van der Waals surface area contributed by atoms with Crippen LogP contribution in [0.2, 0.25) is 5.02 Å². The van der Waals surface area contributed by atoms with E-state index in [9.17, 15) is 9.90 Å². The van der Waals surface area contributed by atoms with Crippen LogP contribution in [0.15, 0.2) is 47.1 Å². The largest absolute Gasteiger partial charge is 0.459 e. The van der Waals surface area contributed by atoms with Gasteiger partial charge in [-0.05, 0) is 62.4 Å². The molecule has 1 N–H and O–H groups in total. The highest BCUT2D eigenvalue weighted by Crippen LogP contribution is 2.42. The smallest absolute Gasteiger partial charge is 0.289 e. The average molecular weight is 384 g/mol. The Labute approximate surface area is 164 Å². The van der Waals surface area contributed by atoms with Crippen molar-refractivity contribution in [1.82, 2.24) is 4.90 Å². The zero-order valence-electron chi connectivity index (χ0n) is 15.0. The number of halogens is 1. The van der Waals surface area contributed by atoms with Gasteiger partial charge in [0.05, 0.1) is 6.26 Å². The monoisotopic (exact) mass is 383 g/mol. The number of rotatable bonds is 1. The van der Waals surface area contributed by atoms with E-state index in [-0.39, 0.29) is 17.9 Å². The first-order chi connectivity index (χ1) is 13.1. The zero-order valence-corrected chi connectivity index (χ0v) is 15.8. The highest BCUT2D eigenvalue weighted by molar-refractivity contribution is 6.30. The Bertz CT molecular complexity index is 882. The highest BCUT2D eigenvalue weighted by atomic mass is 35.5. The first-order valence-electron chi connectivity index (χ1n) is 9.42. The van der Waals surface area contributed by atoms with E-state index >= 15 is 0 Å². The molecule has 140 valence electrons. The van der Waals surface area contributed by atoms with Crippen LogP contribution in [-0.4, -0.2) is 34.1 Å². The third-order valence-corrected chi connectivity index (χ3v) is 5.93. The number of furan rings is 1. The van der Waals surface area contributed by atoms with Crippen LogP contribution < -0.4 is 0 Å². The van der Waals surface area contributed by atoms with Crippen LogP contribution in [0.25, 0.3) is 0 Å². The van der Waals surface area contributed by atoms with Crippen LogP contribution in [0.4, 0.5) is 0 Å². The van der Waals surface area contributed by atoms with Gasteiger partial charge in [0.2, 0.25) is 0 Å². The summed E-state index contributed by atoms with van der Waals surface area (Å²) in [5.41, 5.74) is -0.301. The summed E-state index contributed by atoms with van der Waals surface area (Å²) in [6.07, 6.45) is 5.59. The topological polar surface area (TPSA) is 53.7 Å². The molecule has 3 atom stereocenters. The van der Waals surface area contributed by atoms with Gasteiger partial charge in [-0.2, -0.15) is 0 Å².